The molecule has 0 saturated carbocycles. The molecule has 2 aromatic rings. The van der Waals surface area contributed by atoms with Crippen molar-refractivity contribution in [2.75, 3.05) is 0 Å². The Morgan fingerprint density at radius 2 is 2.25 bits per heavy atom. The highest BCUT2D eigenvalue weighted by Crippen LogP contribution is 2.28. The number of hydrazine groups is 1. The molecule has 1 aromatic heterocycles. The Kier molecular flexibility index (Phi) is 4.70. The van der Waals surface area contributed by atoms with Crippen LogP contribution in [0.1, 0.15) is 41.9 Å². The molecule has 3 N–H and O–H groups in total. The molecule has 1 heterocycles. The van der Waals surface area contributed by atoms with Gasteiger partial charge in [0.2, 0.25) is 0 Å². The zero-order chi connectivity index (χ0) is 14.5. The van der Waals surface area contributed by atoms with Crippen LogP contribution in [-0.4, -0.2) is 20.9 Å². The van der Waals surface area contributed by atoms with Gasteiger partial charge in [0.05, 0.1) is 12.2 Å². The average Bonchev–Trinajstić information content (AvgIpc) is 2.94. The standard InChI is InChI=1S/C13H16ClN5O/c1-2-5-12(9-6-3-4-7-10(9)14)19-8-11(17-18-19)13(20)16-15/h3-4,6-8,12H,2,5,15H2,1H3,(H,16,20). The van der Waals surface area contributed by atoms with Gasteiger partial charge in [-0.15, -0.1) is 5.10 Å². The van der Waals surface area contributed by atoms with Crippen molar-refractivity contribution in [2.24, 2.45) is 5.84 Å². The molecule has 0 radical (unpaired) electrons. The van der Waals surface area contributed by atoms with Crippen molar-refractivity contribution in [3.05, 3.63) is 46.7 Å². The highest BCUT2D eigenvalue weighted by atomic mass is 35.5. The van der Waals surface area contributed by atoms with E-state index in [-0.39, 0.29) is 11.7 Å². The molecule has 0 aliphatic heterocycles. The van der Waals surface area contributed by atoms with Gasteiger partial charge < -0.3 is 0 Å². The third-order valence-corrected chi connectivity index (χ3v) is 3.36. The molecule has 20 heavy (non-hydrogen) atoms. The third kappa shape index (κ3) is 2.97. The fourth-order valence-electron chi connectivity index (χ4n) is 2.06. The largest absolute Gasteiger partial charge is 0.289 e. The van der Waals surface area contributed by atoms with Crippen LogP contribution in [0.15, 0.2) is 30.5 Å². The van der Waals surface area contributed by atoms with E-state index < -0.39 is 5.91 Å². The van der Waals surface area contributed by atoms with Gasteiger partial charge in [0, 0.05) is 5.02 Å². The van der Waals surface area contributed by atoms with Crippen molar-refractivity contribution >= 4 is 17.5 Å². The van der Waals surface area contributed by atoms with E-state index in [0.29, 0.717) is 5.02 Å². The second kappa shape index (κ2) is 6.49. The summed E-state index contributed by atoms with van der Waals surface area (Å²) in [6.07, 6.45) is 3.37. The molecule has 106 valence electrons. The number of nitrogens with zero attached hydrogens (tertiary/aromatic N) is 3. The van der Waals surface area contributed by atoms with Gasteiger partial charge in [-0.1, -0.05) is 48.4 Å². The normalized spacial score (nSPS) is 12.2. The molecule has 1 amide bonds. The number of nitrogen functional groups attached to an aromatic ring is 1. The predicted octanol–water partition coefficient (Wildman–Crippen LogP) is 1.92. The molecule has 1 aromatic carbocycles. The van der Waals surface area contributed by atoms with Crippen LogP contribution in [0.3, 0.4) is 0 Å². The summed E-state index contributed by atoms with van der Waals surface area (Å²) in [4.78, 5) is 11.4. The fraction of sp³-hybridized carbons (Fsp3) is 0.308. The van der Waals surface area contributed by atoms with E-state index in [4.69, 9.17) is 17.4 Å². The highest BCUT2D eigenvalue weighted by Gasteiger charge is 2.19. The number of hydrogen-bond acceptors (Lipinski definition) is 4. The van der Waals surface area contributed by atoms with E-state index in [0.717, 1.165) is 18.4 Å². The van der Waals surface area contributed by atoms with E-state index >= 15 is 0 Å². The lowest BCUT2D eigenvalue weighted by Crippen LogP contribution is -2.30. The van der Waals surface area contributed by atoms with Gasteiger partial charge in [0.25, 0.3) is 5.91 Å². The number of rotatable bonds is 5. The molecule has 1 atom stereocenters. The summed E-state index contributed by atoms with van der Waals surface area (Å²) >= 11 is 6.24. The summed E-state index contributed by atoms with van der Waals surface area (Å²) in [5.74, 6) is 4.62. The number of amides is 1. The fourth-order valence-corrected chi connectivity index (χ4v) is 2.32. The van der Waals surface area contributed by atoms with Crippen LogP contribution >= 0.6 is 11.6 Å². The maximum atomic E-state index is 11.4. The first-order valence-electron chi connectivity index (χ1n) is 6.34. The Hall–Kier alpha value is -1.92. The van der Waals surface area contributed by atoms with Gasteiger partial charge >= 0.3 is 0 Å². The highest BCUT2D eigenvalue weighted by molar-refractivity contribution is 6.31. The second-order valence-corrected chi connectivity index (χ2v) is 4.79. The zero-order valence-electron chi connectivity index (χ0n) is 11.1. The number of nitrogens with one attached hydrogen (secondary N) is 1. The maximum Gasteiger partial charge on any atom is 0.287 e. The summed E-state index contributed by atoms with van der Waals surface area (Å²) in [5, 5.41) is 8.51. The van der Waals surface area contributed by atoms with E-state index in [9.17, 15) is 4.79 Å². The van der Waals surface area contributed by atoms with Crippen LogP contribution in [0, 0.1) is 0 Å². The monoisotopic (exact) mass is 293 g/mol. The van der Waals surface area contributed by atoms with Gasteiger partial charge in [-0.2, -0.15) is 0 Å². The van der Waals surface area contributed by atoms with Gasteiger partial charge in [-0.05, 0) is 18.1 Å². The number of nitrogens with two attached hydrogens (primary N) is 1. The van der Waals surface area contributed by atoms with Crippen LogP contribution < -0.4 is 11.3 Å². The minimum absolute atomic E-state index is 0.0551. The number of benzene rings is 1. The summed E-state index contributed by atoms with van der Waals surface area (Å²) in [6.45, 7) is 2.08. The molecule has 7 heteroatoms. The van der Waals surface area contributed by atoms with Crippen molar-refractivity contribution < 1.29 is 4.79 Å². The van der Waals surface area contributed by atoms with Gasteiger partial charge in [0.1, 0.15) is 0 Å². The molecular weight excluding hydrogens is 278 g/mol. The van der Waals surface area contributed by atoms with Gasteiger partial charge in [0.15, 0.2) is 5.69 Å². The molecular formula is C13H16ClN5O. The second-order valence-electron chi connectivity index (χ2n) is 4.38. The van der Waals surface area contributed by atoms with Crippen LogP contribution in [0.2, 0.25) is 5.02 Å². The number of carbonyl (C=O) groups excluding carboxylic acids is 1. The molecule has 2 rings (SSSR count). The first kappa shape index (κ1) is 14.5. The Morgan fingerprint density at radius 3 is 2.90 bits per heavy atom. The van der Waals surface area contributed by atoms with E-state index in [1.165, 1.54) is 0 Å². The smallest absolute Gasteiger partial charge is 0.287 e. The van der Waals surface area contributed by atoms with Crippen LogP contribution in [0.4, 0.5) is 0 Å². The van der Waals surface area contributed by atoms with Crippen molar-refractivity contribution in [3.63, 3.8) is 0 Å². The van der Waals surface area contributed by atoms with E-state index in [2.05, 4.69) is 17.2 Å². The van der Waals surface area contributed by atoms with Crippen molar-refractivity contribution in [1.29, 1.82) is 0 Å². The molecule has 0 saturated heterocycles. The molecule has 6 nitrogen and oxygen atoms in total. The lowest BCUT2D eigenvalue weighted by Gasteiger charge is -2.17. The SMILES string of the molecule is CCCC(c1ccccc1Cl)n1cc(C(=O)NN)nn1. The quantitative estimate of drug-likeness (QED) is 0.501. The topological polar surface area (TPSA) is 85.8 Å². The third-order valence-electron chi connectivity index (χ3n) is 3.02. The number of carbonyl (C=O) groups is 1. The lowest BCUT2D eigenvalue weighted by atomic mass is 10.0. The number of aromatic nitrogens is 3. The Balaban J connectivity index is 2.36. The number of halogens is 1. The van der Waals surface area contributed by atoms with Crippen molar-refractivity contribution in [2.45, 2.75) is 25.8 Å². The molecule has 0 aliphatic rings. The maximum absolute atomic E-state index is 11.4. The number of hydrogen-bond donors (Lipinski definition) is 2. The Labute approximate surface area is 121 Å². The van der Waals surface area contributed by atoms with Crippen molar-refractivity contribution in [1.82, 2.24) is 20.4 Å². The minimum atomic E-state index is -0.467. The summed E-state index contributed by atoms with van der Waals surface area (Å²) in [5.41, 5.74) is 3.18. The molecule has 0 bridgehead atoms. The molecule has 0 aliphatic carbocycles. The van der Waals surface area contributed by atoms with Crippen molar-refractivity contribution in [3.8, 4) is 0 Å². The summed E-state index contributed by atoms with van der Waals surface area (Å²) in [6, 6.07) is 7.54. The molecule has 1 unspecified atom stereocenters. The van der Waals surface area contributed by atoms with Crippen LogP contribution in [0.25, 0.3) is 0 Å². The predicted molar refractivity (Wildman–Crippen MR) is 76.2 cm³/mol. The van der Waals surface area contributed by atoms with Gasteiger partial charge in [-0.25, -0.2) is 10.5 Å². The minimum Gasteiger partial charge on any atom is -0.289 e. The zero-order valence-corrected chi connectivity index (χ0v) is 11.8. The molecule has 0 fully saturated rings. The van der Waals surface area contributed by atoms with E-state index in [1.54, 1.807) is 10.9 Å². The summed E-state index contributed by atoms with van der Waals surface area (Å²) < 4.78 is 1.65. The Morgan fingerprint density at radius 1 is 1.50 bits per heavy atom. The summed E-state index contributed by atoms with van der Waals surface area (Å²) in [7, 11) is 0. The average molecular weight is 294 g/mol. The van der Waals surface area contributed by atoms with Gasteiger partial charge in [-0.3, -0.25) is 10.2 Å². The van der Waals surface area contributed by atoms with Crippen LogP contribution in [-0.2, 0) is 0 Å². The first-order chi connectivity index (χ1) is 9.67. The van der Waals surface area contributed by atoms with Crippen LogP contribution in [0.5, 0.6) is 0 Å². The lowest BCUT2D eigenvalue weighted by molar-refractivity contribution is 0.0948. The molecule has 0 spiro atoms. The Bertz CT molecular complexity index is 598. The van der Waals surface area contributed by atoms with E-state index in [1.807, 2.05) is 29.7 Å². The first-order valence-corrected chi connectivity index (χ1v) is 6.72.